The van der Waals surface area contributed by atoms with Crippen LogP contribution in [0.25, 0.3) is 0 Å². The van der Waals surface area contributed by atoms with Crippen LogP contribution in [0.1, 0.15) is 12.8 Å². The maximum Gasteiger partial charge on any atom is 0.119 e. The molecule has 4 nitrogen and oxygen atoms in total. The molecule has 18 heavy (non-hydrogen) atoms. The first kappa shape index (κ1) is 13.2. The van der Waals surface area contributed by atoms with Crippen LogP contribution in [0.3, 0.4) is 0 Å². The summed E-state index contributed by atoms with van der Waals surface area (Å²) >= 11 is 0. The van der Waals surface area contributed by atoms with E-state index in [9.17, 15) is 0 Å². The first-order chi connectivity index (χ1) is 8.67. The van der Waals surface area contributed by atoms with Crippen LogP contribution in [0.15, 0.2) is 24.3 Å². The van der Waals surface area contributed by atoms with Crippen molar-refractivity contribution in [2.45, 2.75) is 18.4 Å². The number of nitrogens with two attached hydrogens (primary N) is 1. The molecule has 0 spiro atoms. The molecule has 0 aliphatic carbocycles. The Kier molecular flexibility index (Phi) is 4.09. The van der Waals surface area contributed by atoms with Crippen LogP contribution in [-0.4, -0.2) is 44.2 Å². The average molecular weight is 249 g/mol. The minimum Gasteiger partial charge on any atom is -0.497 e. The van der Waals surface area contributed by atoms with E-state index in [2.05, 4.69) is 29.4 Å². The van der Waals surface area contributed by atoms with Crippen LogP contribution >= 0.6 is 0 Å². The van der Waals surface area contributed by atoms with Crippen molar-refractivity contribution in [1.29, 1.82) is 0 Å². The molecule has 1 aromatic carbocycles. The highest BCUT2D eigenvalue weighted by Crippen LogP contribution is 2.26. The highest BCUT2D eigenvalue weighted by Gasteiger charge is 2.32. The Hall–Kier alpha value is -1.26. The lowest BCUT2D eigenvalue weighted by atomic mass is 9.87. The van der Waals surface area contributed by atoms with Gasteiger partial charge in [0.2, 0.25) is 0 Å². The van der Waals surface area contributed by atoms with Gasteiger partial charge in [-0.25, -0.2) is 0 Å². The van der Waals surface area contributed by atoms with Crippen LogP contribution in [0.2, 0.25) is 0 Å². The summed E-state index contributed by atoms with van der Waals surface area (Å²) in [6.07, 6.45) is 2.18. The molecular formula is C14H23N3O. The molecule has 3 N–H and O–H groups in total. The molecule has 4 heteroatoms. The zero-order valence-corrected chi connectivity index (χ0v) is 11.3. The zero-order chi connectivity index (χ0) is 13.0. The third kappa shape index (κ3) is 2.94. The first-order valence-electron chi connectivity index (χ1n) is 6.48. The molecule has 0 radical (unpaired) electrons. The lowest BCUT2D eigenvalue weighted by Gasteiger charge is -2.41. The number of hydrogen-bond donors (Lipinski definition) is 2. The van der Waals surface area contributed by atoms with Crippen LogP contribution in [-0.2, 0) is 0 Å². The number of ether oxygens (including phenoxy) is 1. The van der Waals surface area contributed by atoms with E-state index in [0.717, 1.165) is 37.4 Å². The molecule has 0 atom stereocenters. The number of nitrogens with one attached hydrogen (secondary N) is 1. The van der Waals surface area contributed by atoms with Gasteiger partial charge in [0.05, 0.1) is 12.6 Å². The zero-order valence-electron chi connectivity index (χ0n) is 11.3. The highest BCUT2D eigenvalue weighted by molar-refractivity contribution is 5.48. The summed E-state index contributed by atoms with van der Waals surface area (Å²) in [6, 6.07) is 8.05. The van der Waals surface area contributed by atoms with E-state index in [4.69, 9.17) is 10.5 Å². The molecular weight excluding hydrogens is 226 g/mol. The molecule has 0 amide bonds. The Bertz CT molecular complexity index is 369. The number of likely N-dealkylation sites (tertiary alicyclic amines) is 1. The number of piperidine rings is 1. The summed E-state index contributed by atoms with van der Waals surface area (Å²) in [7, 11) is 3.84. The fraction of sp³-hybridized carbons (Fsp3) is 0.571. The Balaban J connectivity index is 2.05. The second kappa shape index (κ2) is 5.59. The topological polar surface area (TPSA) is 50.5 Å². The summed E-state index contributed by atoms with van der Waals surface area (Å²) in [5, 5.41) is 3.61. The van der Waals surface area contributed by atoms with Gasteiger partial charge >= 0.3 is 0 Å². The SMILES string of the molecule is COc1ccc(NC2(CN)CCN(C)CC2)cc1. The lowest BCUT2D eigenvalue weighted by molar-refractivity contribution is 0.209. The molecule has 1 aromatic rings. The molecule has 0 saturated carbocycles. The van der Waals surface area contributed by atoms with Crippen molar-refractivity contribution in [1.82, 2.24) is 4.90 Å². The molecule has 0 bridgehead atoms. The van der Waals surface area contributed by atoms with Crippen molar-refractivity contribution in [3.63, 3.8) is 0 Å². The Morgan fingerprint density at radius 3 is 2.39 bits per heavy atom. The van der Waals surface area contributed by atoms with Crippen LogP contribution in [0, 0.1) is 0 Å². The quantitative estimate of drug-likeness (QED) is 0.849. The molecule has 2 rings (SSSR count). The van der Waals surface area contributed by atoms with Gasteiger partial charge < -0.3 is 20.7 Å². The van der Waals surface area contributed by atoms with Crippen molar-refractivity contribution in [3.8, 4) is 5.75 Å². The molecule has 0 unspecified atom stereocenters. The van der Waals surface area contributed by atoms with Gasteiger partial charge in [-0.1, -0.05) is 0 Å². The number of nitrogens with zero attached hydrogens (tertiary/aromatic N) is 1. The Morgan fingerprint density at radius 1 is 1.28 bits per heavy atom. The number of benzene rings is 1. The second-order valence-corrected chi connectivity index (χ2v) is 5.14. The van der Waals surface area contributed by atoms with E-state index in [1.54, 1.807) is 7.11 Å². The van der Waals surface area contributed by atoms with Crippen LogP contribution in [0.4, 0.5) is 5.69 Å². The van der Waals surface area contributed by atoms with E-state index in [1.165, 1.54) is 0 Å². The van der Waals surface area contributed by atoms with E-state index >= 15 is 0 Å². The summed E-state index contributed by atoms with van der Waals surface area (Å²) in [4.78, 5) is 2.35. The van der Waals surface area contributed by atoms with Crippen LogP contribution in [0.5, 0.6) is 5.75 Å². The standard InChI is InChI=1S/C14H23N3O/c1-17-9-7-14(11-15,8-10-17)16-12-3-5-13(18-2)6-4-12/h3-6,16H,7-11,15H2,1-2H3. The number of anilines is 1. The highest BCUT2D eigenvalue weighted by atomic mass is 16.5. The largest absolute Gasteiger partial charge is 0.497 e. The van der Waals surface area contributed by atoms with E-state index in [-0.39, 0.29) is 5.54 Å². The summed E-state index contributed by atoms with van der Waals surface area (Å²) in [6.45, 7) is 2.87. The van der Waals surface area contributed by atoms with Gasteiger partial charge in [-0.2, -0.15) is 0 Å². The first-order valence-corrected chi connectivity index (χ1v) is 6.48. The predicted molar refractivity (Wildman–Crippen MR) is 75.1 cm³/mol. The summed E-state index contributed by atoms with van der Waals surface area (Å²) in [5.74, 6) is 0.880. The molecule has 1 fully saturated rings. The van der Waals surface area contributed by atoms with Gasteiger partial charge in [0.15, 0.2) is 0 Å². The maximum atomic E-state index is 5.98. The molecule has 100 valence electrons. The monoisotopic (exact) mass is 249 g/mol. The van der Waals surface area contributed by atoms with Gasteiger partial charge in [-0.05, 0) is 44.2 Å². The van der Waals surface area contributed by atoms with E-state index in [1.807, 2.05) is 12.1 Å². The lowest BCUT2D eigenvalue weighted by Crippen LogP contribution is -2.52. The molecule has 1 aliphatic heterocycles. The predicted octanol–water partition coefficient (Wildman–Crippen LogP) is 1.53. The molecule has 1 saturated heterocycles. The number of methoxy groups -OCH3 is 1. The normalized spacial score (nSPS) is 19.5. The van der Waals surface area contributed by atoms with Crippen molar-refractivity contribution < 1.29 is 4.74 Å². The van der Waals surface area contributed by atoms with Gasteiger partial charge in [-0.3, -0.25) is 0 Å². The van der Waals surface area contributed by atoms with Gasteiger partial charge in [0.1, 0.15) is 5.75 Å². The third-order valence-corrected chi connectivity index (χ3v) is 3.83. The van der Waals surface area contributed by atoms with Gasteiger partial charge in [0.25, 0.3) is 0 Å². The van der Waals surface area contributed by atoms with E-state index < -0.39 is 0 Å². The number of hydrogen-bond acceptors (Lipinski definition) is 4. The van der Waals surface area contributed by atoms with Crippen molar-refractivity contribution in [3.05, 3.63) is 24.3 Å². The van der Waals surface area contributed by atoms with Crippen LogP contribution < -0.4 is 15.8 Å². The smallest absolute Gasteiger partial charge is 0.119 e. The Morgan fingerprint density at radius 2 is 1.89 bits per heavy atom. The minimum absolute atomic E-state index is 0.0428. The van der Waals surface area contributed by atoms with E-state index in [0.29, 0.717) is 6.54 Å². The van der Waals surface area contributed by atoms with Gasteiger partial charge in [0, 0.05) is 25.3 Å². The third-order valence-electron chi connectivity index (χ3n) is 3.83. The van der Waals surface area contributed by atoms with Crippen molar-refractivity contribution >= 4 is 5.69 Å². The summed E-state index contributed by atoms with van der Waals surface area (Å²) < 4.78 is 5.17. The van der Waals surface area contributed by atoms with Crippen molar-refractivity contribution in [2.75, 3.05) is 39.1 Å². The van der Waals surface area contributed by atoms with Gasteiger partial charge in [-0.15, -0.1) is 0 Å². The molecule has 0 aromatic heterocycles. The number of rotatable bonds is 4. The Labute approximate surface area is 109 Å². The molecule has 1 aliphatic rings. The fourth-order valence-corrected chi connectivity index (χ4v) is 2.41. The average Bonchev–Trinajstić information content (AvgIpc) is 2.43. The van der Waals surface area contributed by atoms with Crippen molar-refractivity contribution in [2.24, 2.45) is 5.73 Å². The fourth-order valence-electron chi connectivity index (χ4n) is 2.41. The minimum atomic E-state index is 0.0428. The second-order valence-electron chi connectivity index (χ2n) is 5.14. The summed E-state index contributed by atoms with van der Waals surface area (Å²) in [5.41, 5.74) is 7.14. The molecule has 1 heterocycles. The maximum absolute atomic E-state index is 5.98.